The molecular formula is C28H31N3O6. The number of carbonyl (C=O) groups is 3. The summed E-state index contributed by atoms with van der Waals surface area (Å²) >= 11 is 0. The summed E-state index contributed by atoms with van der Waals surface area (Å²) in [5.41, 5.74) is 2.48. The molecule has 0 saturated carbocycles. The van der Waals surface area contributed by atoms with E-state index in [1.807, 2.05) is 24.3 Å². The van der Waals surface area contributed by atoms with Crippen molar-refractivity contribution in [1.29, 1.82) is 0 Å². The molecule has 2 aromatic rings. The lowest BCUT2D eigenvalue weighted by Gasteiger charge is -2.36. The van der Waals surface area contributed by atoms with Crippen molar-refractivity contribution in [2.45, 2.75) is 18.9 Å². The number of fused-ring (bicyclic) bond motifs is 1. The van der Waals surface area contributed by atoms with Gasteiger partial charge in [0, 0.05) is 38.9 Å². The Bertz CT molecular complexity index is 1230. The fourth-order valence-electron chi connectivity index (χ4n) is 5.13. The van der Waals surface area contributed by atoms with Gasteiger partial charge in [0.1, 0.15) is 0 Å². The number of hydrogen-bond donors (Lipinski definition) is 0. The summed E-state index contributed by atoms with van der Waals surface area (Å²) in [6, 6.07) is 10.9. The van der Waals surface area contributed by atoms with E-state index in [-0.39, 0.29) is 23.8 Å². The molecule has 0 bridgehead atoms. The summed E-state index contributed by atoms with van der Waals surface area (Å²) in [5.74, 6) is 0.628. The summed E-state index contributed by atoms with van der Waals surface area (Å²) in [4.78, 5) is 44.3. The van der Waals surface area contributed by atoms with E-state index < -0.39 is 0 Å². The van der Waals surface area contributed by atoms with Crippen LogP contribution in [0.2, 0.25) is 0 Å². The van der Waals surface area contributed by atoms with Crippen LogP contribution in [0.5, 0.6) is 11.5 Å². The van der Waals surface area contributed by atoms with E-state index in [9.17, 15) is 14.4 Å². The third kappa shape index (κ3) is 4.91. The van der Waals surface area contributed by atoms with Gasteiger partial charge < -0.3 is 24.0 Å². The van der Waals surface area contributed by atoms with Crippen LogP contribution in [0.1, 0.15) is 39.1 Å². The van der Waals surface area contributed by atoms with Crippen LogP contribution in [0.4, 0.5) is 5.69 Å². The molecule has 194 valence electrons. The smallest absolute Gasteiger partial charge is 0.263 e. The number of nitrogens with zero attached hydrogens (tertiary/aromatic N) is 3. The van der Waals surface area contributed by atoms with Crippen LogP contribution in [0.3, 0.4) is 0 Å². The number of rotatable bonds is 7. The molecule has 1 unspecified atom stereocenters. The lowest BCUT2D eigenvalue weighted by molar-refractivity contribution is -0.126. The van der Waals surface area contributed by atoms with Gasteiger partial charge in [0.15, 0.2) is 11.5 Å². The SMILES string of the molecule is COc1ccc(/C=C/C(=O)N2CCN(c3cccc4c3C(=O)N(CC3CCCO3)C4=O)CC2)cc1OC. The van der Waals surface area contributed by atoms with Gasteiger partial charge in [-0.3, -0.25) is 19.3 Å². The highest BCUT2D eigenvalue weighted by Crippen LogP contribution is 2.33. The average Bonchev–Trinajstić information content (AvgIpc) is 3.54. The number of ether oxygens (including phenoxy) is 3. The molecular weight excluding hydrogens is 474 g/mol. The van der Waals surface area contributed by atoms with Gasteiger partial charge in [0.25, 0.3) is 11.8 Å². The highest BCUT2D eigenvalue weighted by Gasteiger charge is 2.40. The number of benzene rings is 2. The van der Waals surface area contributed by atoms with Gasteiger partial charge in [-0.1, -0.05) is 12.1 Å². The lowest BCUT2D eigenvalue weighted by Crippen LogP contribution is -2.48. The maximum absolute atomic E-state index is 13.3. The van der Waals surface area contributed by atoms with Crippen molar-refractivity contribution in [2.75, 3.05) is 58.5 Å². The zero-order chi connectivity index (χ0) is 25.9. The highest BCUT2D eigenvalue weighted by atomic mass is 16.5. The van der Waals surface area contributed by atoms with Gasteiger partial charge in [0.05, 0.1) is 43.7 Å². The molecule has 3 heterocycles. The predicted molar refractivity (Wildman–Crippen MR) is 138 cm³/mol. The molecule has 3 aliphatic heterocycles. The van der Waals surface area contributed by atoms with Crippen molar-refractivity contribution in [3.63, 3.8) is 0 Å². The molecule has 3 aliphatic rings. The van der Waals surface area contributed by atoms with Gasteiger partial charge in [-0.05, 0) is 48.7 Å². The van der Waals surface area contributed by atoms with E-state index in [4.69, 9.17) is 14.2 Å². The van der Waals surface area contributed by atoms with Crippen molar-refractivity contribution in [3.8, 4) is 11.5 Å². The minimum Gasteiger partial charge on any atom is -0.493 e. The summed E-state index contributed by atoms with van der Waals surface area (Å²) in [7, 11) is 3.15. The fraction of sp³-hybridized carbons (Fsp3) is 0.393. The van der Waals surface area contributed by atoms with Crippen molar-refractivity contribution in [1.82, 2.24) is 9.80 Å². The second-order valence-electron chi connectivity index (χ2n) is 9.32. The molecule has 2 fully saturated rings. The average molecular weight is 506 g/mol. The van der Waals surface area contributed by atoms with Crippen LogP contribution in [-0.4, -0.2) is 87.2 Å². The molecule has 3 amide bonds. The quantitative estimate of drug-likeness (QED) is 0.422. The van der Waals surface area contributed by atoms with Gasteiger partial charge in [-0.15, -0.1) is 0 Å². The largest absolute Gasteiger partial charge is 0.493 e. The zero-order valence-electron chi connectivity index (χ0n) is 21.1. The van der Waals surface area contributed by atoms with Gasteiger partial charge in [0.2, 0.25) is 5.91 Å². The van der Waals surface area contributed by atoms with Crippen LogP contribution in [0.15, 0.2) is 42.5 Å². The number of imide groups is 1. The lowest BCUT2D eigenvalue weighted by atomic mass is 10.1. The Hall–Kier alpha value is -3.85. The van der Waals surface area contributed by atoms with Crippen LogP contribution in [0, 0.1) is 0 Å². The normalized spacial score (nSPS) is 19.6. The van der Waals surface area contributed by atoms with Gasteiger partial charge >= 0.3 is 0 Å². The van der Waals surface area contributed by atoms with Crippen LogP contribution < -0.4 is 14.4 Å². The van der Waals surface area contributed by atoms with E-state index in [2.05, 4.69) is 4.90 Å². The molecule has 0 aromatic heterocycles. The second-order valence-corrected chi connectivity index (χ2v) is 9.32. The highest BCUT2D eigenvalue weighted by molar-refractivity contribution is 6.23. The van der Waals surface area contributed by atoms with Gasteiger partial charge in [-0.2, -0.15) is 0 Å². The standard InChI is InChI=1S/C28H31N3O6/c1-35-23-10-8-19(17-24(23)36-2)9-11-25(32)30-14-12-29(13-15-30)22-7-3-6-21-26(22)28(34)31(27(21)33)18-20-5-4-16-37-20/h3,6-11,17,20H,4-5,12-16,18H2,1-2H3/b11-9+. The van der Waals surface area contributed by atoms with E-state index in [0.29, 0.717) is 62.0 Å². The molecule has 9 nitrogen and oxygen atoms in total. The summed E-state index contributed by atoms with van der Waals surface area (Å²) in [6.07, 6.45) is 5.03. The number of piperazine rings is 1. The van der Waals surface area contributed by atoms with Crippen LogP contribution in [-0.2, 0) is 9.53 Å². The first kappa shape index (κ1) is 24.8. The van der Waals surface area contributed by atoms with Crippen molar-refractivity contribution in [2.24, 2.45) is 0 Å². The first-order chi connectivity index (χ1) is 18.0. The minimum absolute atomic E-state index is 0.0817. The Morgan fingerprint density at radius 3 is 2.51 bits per heavy atom. The predicted octanol–water partition coefficient (Wildman–Crippen LogP) is 2.84. The van der Waals surface area contributed by atoms with Crippen LogP contribution >= 0.6 is 0 Å². The molecule has 0 N–H and O–H groups in total. The van der Waals surface area contributed by atoms with E-state index >= 15 is 0 Å². The van der Waals surface area contributed by atoms with Crippen molar-refractivity contribution < 1.29 is 28.6 Å². The Morgan fingerprint density at radius 2 is 1.81 bits per heavy atom. The maximum Gasteiger partial charge on any atom is 0.263 e. The zero-order valence-corrected chi connectivity index (χ0v) is 21.1. The fourth-order valence-corrected chi connectivity index (χ4v) is 5.13. The molecule has 0 radical (unpaired) electrons. The molecule has 37 heavy (non-hydrogen) atoms. The first-order valence-electron chi connectivity index (χ1n) is 12.5. The Labute approximate surface area is 216 Å². The number of amides is 3. The summed E-state index contributed by atoms with van der Waals surface area (Å²) in [6.45, 7) is 3.13. The third-order valence-electron chi connectivity index (χ3n) is 7.15. The van der Waals surface area contributed by atoms with Crippen molar-refractivity contribution >= 4 is 29.5 Å². The van der Waals surface area contributed by atoms with E-state index in [0.717, 1.165) is 24.1 Å². The molecule has 2 aromatic carbocycles. The Morgan fingerprint density at radius 1 is 1.03 bits per heavy atom. The van der Waals surface area contributed by atoms with E-state index in [1.54, 1.807) is 43.4 Å². The number of anilines is 1. The monoisotopic (exact) mass is 505 g/mol. The van der Waals surface area contributed by atoms with Crippen LogP contribution in [0.25, 0.3) is 6.08 Å². The van der Waals surface area contributed by atoms with Crippen molar-refractivity contribution in [3.05, 3.63) is 59.2 Å². The first-order valence-corrected chi connectivity index (χ1v) is 12.5. The summed E-state index contributed by atoms with van der Waals surface area (Å²) < 4.78 is 16.2. The second kappa shape index (κ2) is 10.6. The third-order valence-corrected chi connectivity index (χ3v) is 7.15. The minimum atomic E-state index is -0.262. The Kier molecular flexibility index (Phi) is 7.14. The number of carbonyl (C=O) groups excluding carboxylic acids is 3. The molecule has 5 rings (SSSR count). The molecule has 2 saturated heterocycles. The molecule has 9 heteroatoms. The summed E-state index contributed by atoms with van der Waals surface area (Å²) in [5, 5.41) is 0. The molecule has 0 spiro atoms. The number of hydrogen-bond acceptors (Lipinski definition) is 7. The van der Waals surface area contributed by atoms with Gasteiger partial charge in [-0.25, -0.2) is 0 Å². The maximum atomic E-state index is 13.3. The number of methoxy groups -OCH3 is 2. The van der Waals surface area contributed by atoms with E-state index in [1.165, 1.54) is 4.90 Å². The Balaban J connectivity index is 1.23. The molecule has 1 atom stereocenters. The molecule has 0 aliphatic carbocycles. The topological polar surface area (TPSA) is 88.6 Å².